The van der Waals surface area contributed by atoms with Crippen molar-refractivity contribution in [1.29, 1.82) is 0 Å². The van der Waals surface area contributed by atoms with Crippen LogP contribution >= 0.6 is 0 Å². The molecule has 4 rings (SSSR count). The maximum absolute atomic E-state index is 13.2. The first kappa shape index (κ1) is 20.1. The Labute approximate surface area is 174 Å². The highest BCUT2D eigenvalue weighted by Crippen LogP contribution is 2.23. The lowest BCUT2D eigenvalue weighted by Crippen LogP contribution is -2.53. The lowest BCUT2D eigenvalue weighted by atomic mass is 9.96. The molecule has 10 nitrogen and oxygen atoms in total. The molecule has 0 aliphatic carbocycles. The van der Waals surface area contributed by atoms with Crippen molar-refractivity contribution in [2.24, 2.45) is 20.0 Å². The number of rotatable bonds is 3. The Morgan fingerprint density at radius 1 is 0.967 bits per heavy atom. The lowest BCUT2D eigenvalue weighted by molar-refractivity contribution is -0.136. The molecule has 30 heavy (non-hydrogen) atoms. The molecule has 0 aromatic carbocycles. The van der Waals surface area contributed by atoms with Gasteiger partial charge in [0, 0.05) is 71.8 Å². The summed E-state index contributed by atoms with van der Waals surface area (Å²) in [5.41, 5.74) is -0.689. The quantitative estimate of drug-likeness (QED) is 0.665. The van der Waals surface area contributed by atoms with Crippen LogP contribution in [0.4, 0.5) is 11.8 Å². The van der Waals surface area contributed by atoms with Gasteiger partial charge in [0.15, 0.2) is 0 Å². The van der Waals surface area contributed by atoms with Crippen molar-refractivity contribution in [2.45, 2.75) is 12.8 Å². The summed E-state index contributed by atoms with van der Waals surface area (Å²) < 4.78 is 2.57. The molecule has 4 heterocycles. The Bertz CT molecular complexity index is 1020. The van der Waals surface area contributed by atoms with Crippen LogP contribution < -0.4 is 21.0 Å². The van der Waals surface area contributed by atoms with Crippen molar-refractivity contribution >= 4 is 17.7 Å². The van der Waals surface area contributed by atoms with Crippen molar-refractivity contribution in [3.8, 4) is 0 Å². The van der Waals surface area contributed by atoms with E-state index in [1.807, 2.05) is 9.80 Å². The molecule has 10 heteroatoms. The maximum atomic E-state index is 13.2. The number of amides is 1. The Kier molecular flexibility index (Phi) is 5.56. The average molecular weight is 413 g/mol. The number of anilines is 2. The fraction of sp³-hybridized carbons (Fsp3) is 0.550. The van der Waals surface area contributed by atoms with Crippen LogP contribution in [0.3, 0.4) is 0 Å². The zero-order chi connectivity index (χ0) is 21.3. The summed E-state index contributed by atoms with van der Waals surface area (Å²) in [6.45, 7) is 3.92. The Balaban J connectivity index is 1.42. The van der Waals surface area contributed by atoms with E-state index in [1.165, 1.54) is 17.7 Å². The fourth-order valence-electron chi connectivity index (χ4n) is 4.25. The largest absolute Gasteiger partial charge is 0.357 e. The predicted octanol–water partition coefficient (Wildman–Crippen LogP) is -0.561. The Morgan fingerprint density at radius 2 is 1.67 bits per heavy atom. The minimum absolute atomic E-state index is 0.141. The molecule has 0 unspecified atom stereocenters. The number of carbonyl (C=O) groups excluding carboxylic acids is 1. The summed E-state index contributed by atoms with van der Waals surface area (Å²) in [6.07, 6.45) is 5.11. The fourth-order valence-corrected chi connectivity index (χ4v) is 4.25. The zero-order valence-electron chi connectivity index (χ0n) is 17.4. The van der Waals surface area contributed by atoms with Gasteiger partial charge in [0.25, 0.3) is 5.56 Å². The van der Waals surface area contributed by atoms with Crippen LogP contribution in [0.15, 0.2) is 34.1 Å². The second-order valence-electron chi connectivity index (χ2n) is 7.89. The van der Waals surface area contributed by atoms with Crippen molar-refractivity contribution in [1.82, 2.24) is 24.0 Å². The smallest absolute Gasteiger partial charge is 0.332 e. The van der Waals surface area contributed by atoms with Gasteiger partial charge in [0.1, 0.15) is 5.82 Å². The van der Waals surface area contributed by atoms with Crippen LogP contribution in [0.25, 0.3) is 0 Å². The molecule has 0 spiro atoms. The van der Waals surface area contributed by atoms with Gasteiger partial charge >= 0.3 is 5.69 Å². The average Bonchev–Trinajstić information content (AvgIpc) is 2.80. The molecule has 2 aromatic rings. The van der Waals surface area contributed by atoms with Gasteiger partial charge in [-0.2, -0.15) is 0 Å². The van der Waals surface area contributed by atoms with Gasteiger partial charge in [-0.15, -0.1) is 0 Å². The van der Waals surface area contributed by atoms with E-state index in [2.05, 4.69) is 14.9 Å². The molecule has 1 atom stereocenters. The predicted molar refractivity (Wildman–Crippen MR) is 113 cm³/mol. The molecule has 2 aromatic heterocycles. The molecular formula is C20H27N7O3. The summed E-state index contributed by atoms with van der Waals surface area (Å²) in [5.74, 6) is 1.27. The lowest BCUT2D eigenvalue weighted by Gasteiger charge is -2.39. The van der Waals surface area contributed by atoms with Crippen molar-refractivity contribution < 1.29 is 4.79 Å². The van der Waals surface area contributed by atoms with E-state index in [-0.39, 0.29) is 23.1 Å². The number of hydrogen-bond acceptors (Lipinski definition) is 7. The van der Waals surface area contributed by atoms with E-state index in [4.69, 9.17) is 0 Å². The van der Waals surface area contributed by atoms with Gasteiger partial charge in [-0.05, 0) is 18.9 Å². The summed E-state index contributed by atoms with van der Waals surface area (Å²) in [4.78, 5) is 52.1. The van der Waals surface area contributed by atoms with Crippen LogP contribution in [0.5, 0.6) is 0 Å². The summed E-state index contributed by atoms with van der Waals surface area (Å²) in [7, 11) is 3.13. The van der Waals surface area contributed by atoms with Gasteiger partial charge in [-0.1, -0.05) is 0 Å². The third-order valence-corrected chi connectivity index (χ3v) is 6.02. The summed E-state index contributed by atoms with van der Waals surface area (Å²) in [5, 5.41) is 0. The van der Waals surface area contributed by atoms with E-state index < -0.39 is 0 Å². The Hall–Kier alpha value is -3.17. The van der Waals surface area contributed by atoms with Crippen molar-refractivity contribution in [3.63, 3.8) is 0 Å². The molecule has 1 amide bonds. The number of carbonyl (C=O) groups is 1. The van der Waals surface area contributed by atoms with Crippen molar-refractivity contribution in [3.05, 3.63) is 45.4 Å². The van der Waals surface area contributed by atoms with Gasteiger partial charge in [0.2, 0.25) is 11.9 Å². The van der Waals surface area contributed by atoms with Crippen LogP contribution in [-0.4, -0.2) is 69.2 Å². The molecule has 2 fully saturated rings. The molecule has 2 aliphatic rings. The number of piperazine rings is 1. The summed E-state index contributed by atoms with van der Waals surface area (Å²) in [6, 6.07) is 3.27. The number of hydrogen-bond donors (Lipinski definition) is 0. The van der Waals surface area contributed by atoms with Crippen LogP contribution in [0.1, 0.15) is 12.8 Å². The van der Waals surface area contributed by atoms with Crippen LogP contribution in [0, 0.1) is 5.92 Å². The molecule has 0 bridgehead atoms. The van der Waals surface area contributed by atoms with Crippen LogP contribution in [-0.2, 0) is 18.9 Å². The Morgan fingerprint density at radius 3 is 2.37 bits per heavy atom. The first-order valence-electron chi connectivity index (χ1n) is 10.3. The third kappa shape index (κ3) is 3.81. The monoisotopic (exact) mass is 413 g/mol. The van der Waals surface area contributed by atoms with E-state index >= 15 is 0 Å². The first-order chi connectivity index (χ1) is 14.5. The topological polar surface area (TPSA) is 96.6 Å². The first-order valence-corrected chi connectivity index (χ1v) is 10.3. The molecule has 0 N–H and O–H groups in total. The van der Waals surface area contributed by atoms with Crippen LogP contribution in [0.2, 0.25) is 0 Å². The molecule has 2 aliphatic heterocycles. The number of nitrogens with zero attached hydrogens (tertiary/aromatic N) is 7. The zero-order valence-corrected chi connectivity index (χ0v) is 17.4. The van der Waals surface area contributed by atoms with E-state index in [0.29, 0.717) is 44.5 Å². The number of piperidine rings is 1. The SMILES string of the molecule is Cn1c(N2CCC[C@@H](C(=O)N3CCN(c4ncccn4)CC3)C2)cc(=O)n(C)c1=O. The van der Waals surface area contributed by atoms with E-state index in [1.54, 1.807) is 25.5 Å². The maximum Gasteiger partial charge on any atom is 0.332 e. The summed E-state index contributed by atoms with van der Waals surface area (Å²) >= 11 is 0. The molecule has 0 radical (unpaired) electrons. The third-order valence-electron chi connectivity index (χ3n) is 6.02. The highest BCUT2D eigenvalue weighted by molar-refractivity contribution is 5.80. The highest BCUT2D eigenvalue weighted by Gasteiger charge is 2.32. The minimum atomic E-state index is -0.356. The van der Waals surface area contributed by atoms with Crippen molar-refractivity contribution in [2.75, 3.05) is 49.1 Å². The molecule has 0 saturated carbocycles. The number of aromatic nitrogens is 4. The highest BCUT2D eigenvalue weighted by atomic mass is 16.2. The minimum Gasteiger partial charge on any atom is -0.357 e. The van der Waals surface area contributed by atoms with Gasteiger partial charge in [0.05, 0.1) is 5.92 Å². The van der Waals surface area contributed by atoms with E-state index in [0.717, 1.165) is 24.0 Å². The normalized spacial score (nSPS) is 19.8. The van der Waals surface area contributed by atoms with E-state index in [9.17, 15) is 14.4 Å². The van der Waals surface area contributed by atoms with Gasteiger partial charge < -0.3 is 14.7 Å². The second kappa shape index (κ2) is 8.29. The van der Waals surface area contributed by atoms with Gasteiger partial charge in [-0.25, -0.2) is 14.8 Å². The standard InChI is InChI=1S/C20H27N7O3/c1-23-16(13-17(28)24(2)20(23)30)27-8-3-5-15(14-27)18(29)25-9-11-26(12-10-25)19-21-6-4-7-22-19/h4,6-7,13,15H,3,5,8-12,14H2,1-2H3/t15-/m1/s1. The molecule has 2 saturated heterocycles. The molecular weight excluding hydrogens is 386 g/mol. The second-order valence-corrected chi connectivity index (χ2v) is 7.89. The molecule has 160 valence electrons. The van der Waals surface area contributed by atoms with Gasteiger partial charge in [-0.3, -0.25) is 18.7 Å².